The molecule has 6 heavy (non-hydrogen) atoms. The summed E-state index contributed by atoms with van der Waals surface area (Å²) in [5, 5.41) is 7.90. The molecule has 0 aliphatic heterocycles. The molecule has 0 amide bonds. The van der Waals surface area contributed by atoms with Crippen molar-refractivity contribution < 1.29 is 37.8 Å². The maximum absolute atomic E-state index is 7.90. The van der Waals surface area contributed by atoms with Crippen LogP contribution in [0.3, 0.4) is 0 Å². The van der Waals surface area contributed by atoms with Gasteiger partial charge >= 0.3 is 0 Å². The van der Waals surface area contributed by atoms with E-state index in [4.69, 9.17) is 5.11 Å². The van der Waals surface area contributed by atoms with Gasteiger partial charge in [0.25, 0.3) is 0 Å². The quantitative estimate of drug-likeness (QED) is 0.602. The summed E-state index contributed by atoms with van der Waals surface area (Å²) in [6, 6.07) is 0. The summed E-state index contributed by atoms with van der Waals surface area (Å²) in [5.41, 5.74) is 0. The summed E-state index contributed by atoms with van der Waals surface area (Å²) >= 11 is 0. The topological polar surface area (TPSA) is 20.2 Å². The van der Waals surface area contributed by atoms with Gasteiger partial charge in [-0.05, 0) is 0 Å². The second-order valence-corrected chi connectivity index (χ2v) is 0.825. The first kappa shape index (κ1) is 10.1. The first-order valence-corrected chi connectivity index (χ1v) is 1.67. The van der Waals surface area contributed by atoms with Crippen LogP contribution in [0.2, 0.25) is 0 Å². The Labute approximate surface area is 64.0 Å². The SMILES string of the molecule is [CH2-]CC[CH-]O.[Y]. The van der Waals surface area contributed by atoms with Crippen LogP contribution in [0.25, 0.3) is 0 Å². The fraction of sp³-hybridized carbons (Fsp3) is 0.500. The van der Waals surface area contributed by atoms with Crippen molar-refractivity contribution >= 4 is 0 Å². The molecular formula is C4H8OY-2. The van der Waals surface area contributed by atoms with E-state index in [-0.39, 0.29) is 32.7 Å². The molecule has 2 heteroatoms. The molecule has 35 valence electrons. The number of hydrogen-bond acceptors (Lipinski definition) is 1. The average molecular weight is 161 g/mol. The largest absolute Gasteiger partial charge is 0.566 e. The second kappa shape index (κ2) is 9.42. The first-order chi connectivity index (χ1) is 2.41. The van der Waals surface area contributed by atoms with Crippen LogP contribution in [0, 0.1) is 13.5 Å². The summed E-state index contributed by atoms with van der Waals surface area (Å²) in [6.07, 6.45) is 1.50. The van der Waals surface area contributed by atoms with Gasteiger partial charge in [0.05, 0.1) is 0 Å². The summed E-state index contributed by atoms with van der Waals surface area (Å²) < 4.78 is 0. The third-order valence-electron chi connectivity index (χ3n) is 0.333. The number of hydrogen-bond donors (Lipinski definition) is 1. The average Bonchev–Trinajstić information content (AvgIpc) is 1.41. The zero-order chi connectivity index (χ0) is 4.12. The Bertz CT molecular complexity index is 15.0. The van der Waals surface area contributed by atoms with Crippen molar-refractivity contribution in [2.75, 3.05) is 0 Å². The zero-order valence-corrected chi connectivity index (χ0v) is 6.56. The van der Waals surface area contributed by atoms with Crippen LogP contribution in [0.4, 0.5) is 0 Å². The van der Waals surface area contributed by atoms with Gasteiger partial charge in [0.15, 0.2) is 0 Å². The minimum absolute atomic E-state index is 0. The molecule has 0 saturated heterocycles. The van der Waals surface area contributed by atoms with Crippen LogP contribution >= 0.6 is 0 Å². The maximum Gasteiger partial charge on any atom is 0 e. The minimum atomic E-state index is 0. The predicted molar refractivity (Wildman–Crippen MR) is 20.8 cm³/mol. The Kier molecular flexibility index (Phi) is 15.9. The minimum Gasteiger partial charge on any atom is -0.566 e. The van der Waals surface area contributed by atoms with E-state index in [9.17, 15) is 0 Å². The second-order valence-electron chi connectivity index (χ2n) is 0.825. The molecule has 0 spiro atoms. The fourth-order valence-electron chi connectivity index (χ4n) is 0.0913. The number of aliphatic hydroxyl groups is 1. The van der Waals surface area contributed by atoms with Crippen LogP contribution in [-0.4, -0.2) is 5.11 Å². The van der Waals surface area contributed by atoms with Crippen LogP contribution in [0.1, 0.15) is 12.8 Å². The van der Waals surface area contributed by atoms with E-state index in [1.807, 2.05) is 0 Å². The molecule has 0 atom stereocenters. The van der Waals surface area contributed by atoms with E-state index in [2.05, 4.69) is 6.92 Å². The Balaban J connectivity index is 0. The van der Waals surface area contributed by atoms with E-state index in [0.717, 1.165) is 13.0 Å². The van der Waals surface area contributed by atoms with Crippen molar-refractivity contribution in [2.24, 2.45) is 0 Å². The van der Waals surface area contributed by atoms with E-state index in [0.29, 0.717) is 6.42 Å². The van der Waals surface area contributed by atoms with Gasteiger partial charge in [0.2, 0.25) is 0 Å². The van der Waals surface area contributed by atoms with Crippen molar-refractivity contribution in [3.8, 4) is 0 Å². The molecule has 0 unspecified atom stereocenters. The van der Waals surface area contributed by atoms with E-state index in [1.165, 1.54) is 0 Å². The van der Waals surface area contributed by atoms with Crippen LogP contribution in [0.15, 0.2) is 0 Å². The third-order valence-corrected chi connectivity index (χ3v) is 0.333. The van der Waals surface area contributed by atoms with Gasteiger partial charge in [-0.25, -0.2) is 13.0 Å². The van der Waals surface area contributed by atoms with Gasteiger partial charge in [-0.15, -0.1) is 0 Å². The molecule has 0 bridgehead atoms. The third kappa shape index (κ3) is 8.91. The Morgan fingerprint density at radius 2 is 2.17 bits per heavy atom. The van der Waals surface area contributed by atoms with Gasteiger partial charge < -0.3 is 12.0 Å². The summed E-state index contributed by atoms with van der Waals surface area (Å²) in [6.45, 7) is 4.60. The summed E-state index contributed by atoms with van der Waals surface area (Å²) in [4.78, 5) is 0. The molecule has 1 nitrogen and oxygen atoms in total. The van der Waals surface area contributed by atoms with Crippen LogP contribution in [-0.2, 0) is 32.7 Å². The molecule has 0 aromatic rings. The standard InChI is InChI=1S/C4H8O.Y/c1-2-3-4-5;/h4-5H,1-3H2;/q-2;. The van der Waals surface area contributed by atoms with Crippen molar-refractivity contribution in [1.82, 2.24) is 0 Å². The van der Waals surface area contributed by atoms with E-state index in [1.54, 1.807) is 0 Å². The van der Waals surface area contributed by atoms with Crippen LogP contribution in [0.5, 0.6) is 0 Å². The van der Waals surface area contributed by atoms with Gasteiger partial charge in [-0.3, -0.25) is 0 Å². The van der Waals surface area contributed by atoms with E-state index >= 15 is 0 Å². The molecule has 0 fully saturated rings. The smallest absolute Gasteiger partial charge is 0 e. The molecule has 1 N–H and O–H groups in total. The number of unbranched alkanes of at least 4 members (excludes halogenated alkanes) is 1. The van der Waals surface area contributed by atoms with Gasteiger partial charge in [0, 0.05) is 32.7 Å². The van der Waals surface area contributed by atoms with Crippen molar-refractivity contribution in [3.63, 3.8) is 0 Å². The zero-order valence-electron chi connectivity index (χ0n) is 3.72. The molecule has 0 aliphatic rings. The number of rotatable bonds is 2. The maximum atomic E-state index is 7.90. The number of aliphatic hydroxyl groups excluding tert-OH is 1. The Hall–Kier alpha value is 1.06. The molecule has 0 heterocycles. The molecule has 0 aromatic heterocycles. The van der Waals surface area contributed by atoms with Crippen molar-refractivity contribution in [1.29, 1.82) is 0 Å². The van der Waals surface area contributed by atoms with Crippen molar-refractivity contribution in [2.45, 2.75) is 12.8 Å². The molecule has 0 aliphatic carbocycles. The van der Waals surface area contributed by atoms with Gasteiger partial charge in [-0.2, -0.15) is 6.42 Å². The van der Waals surface area contributed by atoms with E-state index < -0.39 is 0 Å². The summed E-state index contributed by atoms with van der Waals surface area (Å²) in [5.74, 6) is 0. The predicted octanol–water partition coefficient (Wildman–Crippen LogP) is 1.13. The van der Waals surface area contributed by atoms with Gasteiger partial charge in [-0.1, -0.05) is 0 Å². The molecular weight excluding hydrogens is 153 g/mol. The van der Waals surface area contributed by atoms with Crippen LogP contribution < -0.4 is 0 Å². The molecule has 0 rings (SSSR count). The normalized spacial score (nSPS) is 7.00. The first-order valence-electron chi connectivity index (χ1n) is 1.67. The molecule has 1 radical (unpaired) electrons. The van der Waals surface area contributed by atoms with Crippen molar-refractivity contribution in [3.05, 3.63) is 13.5 Å². The molecule has 0 saturated carbocycles. The van der Waals surface area contributed by atoms with Gasteiger partial charge in [0.1, 0.15) is 0 Å². The molecule has 0 aromatic carbocycles. The summed E-state index contributed by atoms with van der Waals surface area (Å²) in [7, 11) is 0. The monoisotopic (exact) mass is 161 g/mol. The Morgan fingerprint density at radius 3 is 2.17 bits per heavy atom. The fourth-order valence-corrected chi connectivity index (χ4v) is 0.0913. The Morgan fingerprint density at radius 1 is 1.67 bits per heavy atom.